The van der Waals surface area contributed by atoms with Gasteiger partial charge >= 0.3 is 11.9 Å². The van der Waals surface area contributed by atoms with Crippen molar-refractivity contribution in [1.82, 2.24) is 16.0 Å². The fourth-order valence-corrected chi connectivity index (χ4v) is 17.9. The minimum atomic E-state index is -3.49. The maximum absolute atomic E-state index is 14.1. The zero-order chi connectivity index (χ0) is 98.1. The Bertz CT molecular complexity index is 3360. The predicted octanol–water partition coefficient (Wildman–Crippen LogP) is -0.661. The summed E-state index contributed by atoms with van der Waals surface area (Å²) in [5.74, 6) is -16.1. The van der Waals surface area contributed by atoms with Gasteiger partial charge in [0.05, 0.1) is 88.8 Å². The minimum Gasteiger partial charge on any atom is -0.477 e. The molecular formula is C91H159N3O39. The molecule has 6 fully saturated rings. The van der Waals surface area contributed by atoms with Crippen LogP contribution in [-0.4, -0.2) is 390 Å². The Morgan fingerprint density at radius 2 is 0.782 bits per heavy atom. The third kappa shape index (κ3) is 35.8. The molecule has 34 atom stereocenters. The van der Waals surface area contributed by atoms with E-state index < -0.39 is 308 Å². The first-order valence-corrected chi connectivity index (χ1v) is 48.1. The number of carbonyl (C=O) groups excluding carboxylic acids is 4. The van der Waals surface area contributed by atoms with Gasteiger partial charge in [-0.3, -0.25) is 14.4 Å². The maximum Gasteiger partial charge on any atom is 0.364 e. The molecule has 0 bridgehead atoms. The van der Waals surface area contributed by atoms with E-state index in [4.69, 9.17) is 56.8 Å². The van der Waals surface area contributed by atoms with Crippen LogP contribution < -0.4 is 16.0 Å². The van der Waals surface area contributed by atoms with Gasteiger partial charge in [-0.1, -0.05) is 192 Å². The Balaban J connectivity index is 1.26. The zero-order valence-electron chi connectivity index (χ0n) is 77.7. The standard InChI is InChI=1S/C91H159N3O39/c1-6-8-10-12-14-16-18-20-21-22-23-24-25-26-27-29-31-33-35-37-39-41-66(109)94-56(57(104)40-38-36-34-32-30-28-19-17-15-13-11-9-7-2)51-122-85-74(115)73(114)78(64(49-99)125-85)128-87-76(117)83(133-91(89(120)121)44-59(106)68(93-54(5)103)81(131-91)70(111)61(108)46-96)79(65(50-100)126-87)129-84-55(42-52(3)101)77(71(112)62(47-97)123-84)127-86-75(116)82(72(113)63(48-98)124-86)132-90(88(118)119)43-58(105)67(92-53(4)102)80(130-90)69(110)60(107)45-95/h20-21,38,40,55-65,67-87,95-100,104-108,110-117H,6-19,22-37,39,41-51H2,1-5H3,(H,92,102)(H,93,103)(H,94,109)(H,118,119)(H,120,121). The van der Waals surface area contributed by atoms with Crippen LogP contribution in [0.4, 0.5) is 0 Å². The van der Waals surface area contributed by atoms with E-state index in [0.717, 1.165) is 104 Å². The van der Waals surface area contributed by atoms with Gasteiger partial charge in [-0.15, -0.1) is 0 Å². The molecule has 34 unspecified atom stereocenters. The number of nitrogens with one attached hydrogen (secondary N) is 3. The Kier molecular flexibility index (Phi) is 53.7. The van der Waals surface area contributed by atoms with E-state index in [0.29, 0.717) is 12.8 Å². The van der Waals surface area contributed by atoms with Crippen molar-refractivity contribution in [1.29, 1.82) is 0 Å². The number of aliphatic hydroxyl groups excluding tert-OH is 19. The first kappa shape index (κ1) is 117. The van der Waals surface area contributed by atoms with Crippen LogP contribution in [0.5, 0.6) is 0 Å². The molecule has 0 aromatic carbocycles. The predicted molar refractivity (Wildman–Crippen MR) is 469 cm³/mol. The first-order valence-electron chi connectivity index (χ1n) is 48.1. The Labute approximate surface area is 778 Å². The van der Waals surface area contributed by atoms with Crippen molar-refractivity contribution in [2.24, 2.45) is 5.92 Å². The molecule has 0 radical (unpaired) electrons. The summed E-state index contributed by atoms with van der Waals surface area (Å²) in [6.07, 6.45) is -23.0. The fourth-order valence-electron chi connectivity index (χ4n) is 17.9. The number of aliphatic carboxylic acids is 2. The number of carbonyl (C=O) groups is 6. The zero-order valence-corrected chi connectivity index (χ0v) is 77.7. The average Bonchev–Trinajstić information content (AvgIpc) is 0.752. The molecule has 0 spiro atoms. The summed E-state index contributed by atoms with van der Waals surface area (Å²) in [4.78, 5) is 79.9. The number of aliphatic hydroxyl groups is 19. The number of ether oxygens (including phenoxy) is 12. The average molecular weight is 1920 g/mol. The van der Waals surface area contributed by atoms with E-state index in [1.54, 1.807) is 6.08 Å². The fraction of sp³-hybridized carbons (Fsp3) is 0.890. The van der Waals surface area contributed by atoms with E-state index in [-0.39, 0.29) is 6.42 Å². The van der Waals surface area contributed by atoms with E-state index in [1.165, 1.54) is 109 Å². The van der Waals surface area contributed by atoms with Gasteiger partial charge in [0.25, 0.3) is 11.6 Å². The summed E-state index contributed by atoms with van der Waals surface area (Å²) in [5.41, 5.74) is 0. The van der Waals surface area contributed by atoms with E-state index >= 15 is 0 Å². The lowest BCUT2D eigenvalue weighted by Gasteiger charge is -2.53. The number of allylic oxidation sites excluding steroid dienone is 3. The summed E-state index contributed by atoms with van der Waals surface area (Å²) in [7, 11) is 0. The van der Waals surface area contributed by atoms with Crippen molar-refractivity contribution in [3.05, 3.63) is 24.3 Å². The molecule has 42 nitrogen and oxygen atoms in total. The number of carboxylic acid groups (broad SMARTS) is 2. The van der Waals surface area contributed by atoms with Gasteiger partial charge in [0.15, 0.2) is 25.2 Å². The van der Waals surface area contributed by atoms with Gasteiger partial charge in [0, 0.05) is 45.4 Å². The normalized spacial score (nSPS) is 34.2. The summed E-state index contributed by atoms with van der Waals surface area (Å²) in [6, 6.07) is -4.78. The van der Waals surface area contributed by atoms with Crippen LogP contribution in [0.3, 0.4) is 0 Å². The monoisotopic (exact) mass is 1920 g/mol. The van der Waals surface area contributed by atoms with Crippen LogP contribution in [0.2, 0.25) is 0 Å². The largest absolute Gasteiger partial charge is 0.477 e. The molecule has 772 valence electrons. The molecule has 0 aromatic heterocycles. The van der Waals surface area contributed by atoms with E-state index in [2.05, 4.69) is 41.9 Å². The molecule has 42 heteroatoms. The number of unbranched alkanes of at least 4 members (excludes halogenated alkanes) is 28. The number of ketones is 1. The van der Waals surface area contributed by atoms with Crippen molar-refractivity contribution < 1.29 is 193 Å². The van der Waals surface area contributed by atoms with Gasteiger partial charge in [0.2, 0.25) is 17.7 Å². The van der Waals surface area contributed by atoms with Gasteiger partial charge < -0.3 is 185 Å². The number of Topliss-reactive ketones (excluding diaryl/α,β-unsaturated/α-hetero) is 1. The van der Waals surface area contributed by atoms with Crippen LogP contribution in [-0.2, 0) is 85.6 Å². The van der Waals surface area contributed by atoms with Crippen molar-refractivity contribution in [3.8, 4) is 0 Å². The van der Waals surface area contributed by atoms with Crippen LogP contribution in [0.1, 0.15) is 259 Å². The van der Waals surface area contributed by atoms with Crippen LogP contribution in [0.25, 0.3) is 0 Å². The Morgan fingerprint density at radius 1 is 0.414 bits per heavy atom. The second-order valence-corrected chi connectivity index (χ2v) is 36.3. The lowest BCUT2D eigenvalue weighted by Crippen LogP contribution is -2.71. The van der Waals surface area contributed by atoms with Gasteiger partial charge in [-0.05, 0) is 51.9 Å². The summed E-state index contributed by atoms with van der Waals surface area (Å²) in [5, 5.41) is 245. The molecular weight excluding hydrogens is 1760 g/mol. The summed E-state index contributed by atoms with van der Waals surface area (Å²) < 4.78 is 72.8. The molecule has 3 amide bonds. The van der Waals surface area contributed by atoms with Crippen molar-refractivity contribution in [2.75, 3.05) is 46.2 Å². The molecule has 24 N–H and O–H groups in total. The first-order chi connectivity index (χ1) is 63.6. The smallest absolute Gasteiger partial charge is 0.364 e. The molecule has 0 saturated carbocycles. The maximum atomic E-state index is 14.1. The van der Waals surface area contributed by atoms with Crippen LogP contribution in [0.15, 0.2) is 24.3 Å². The molecule has 0 aliphatic carbocycles. The van der Waals surface area contributed by atoms with E-state index in [9.17, 15) is 136 Å². The highest BCUT2D eigenvalue weighted by Gasteiger charge is 2.64. The van der Waals surface area contributed by atoms with Gasteiger partial charge in [-0.2, -0.15) is 0 Å². The lowest BCUT2D eigenvalue weighted by atomic mass is 9.86. The van der Waals surface area contributed by atoms with Crippen molar-refractivity contribution >= 4 is 35.4 Å². The molecule has 0 aromatic rings. The number of rotatable bonds is 65. The number of hydrogen-bond acceptors (Lipinski definition) is 37. The van der Waals surface area contributed by atoms with E-state index in [1.807, 2.05) is 0 Å². The SMILES string of the molecule is CCCCCCCCC=CCCCCCCCCCCCCCC(=O)NC(COC1OC(CO)C(OC2OC(CO)C(OC3OC(CO)C(O)C(OC4OC(CO)C(O)C(OC5(C(=O)O)CC(O)C(NC(C)=O)C(C(O)C(O)CO)O5)C4O)C3CC(C)=O)C(OC3(C(=O)O)CC(O)C(NC(C)=O)C(C(O)C(O)CO)O3)C2O)C(O)C1O)C(O)C=CCCCCCCCCCCCCC. The molecule has 6 saturated heterocycles. The topological polar surface area (TPSA) is 674 Å². The number of hydrogen-bond donors (Lipinski definition) is 24. The van der Waals surface area contributed by atoms with Crippen molar-refractivity contribution in [2.45, 2.75) is 461 Å². The summed E-state index contributed by atoms with van der Waals surface area (Å²) in [6.45, 7) is -0.611. The quantitative estimate of drug-likeness (QED) is 0.0265. The molecule has 6 rings (SSSR count). The van der Waals surface area contributed by atoms with Crippen molar-refractivity contribution in [3.63, 3.8) is 0 Å². The van der Waals surface area contributed by atoms with Gasteiger partial charge in [-0.25, -0.2) is 9.59 Å². The highest BCUT2D eigenvalue weighted by atomic mass is 16.8. The second kappa shape index (κ2) is 61.1. The molecule has 133 heavy (non-hydrogen) atoms. The number of amides is 3. The van der Waals surface area contributed by atoms with Crippen LogP contribution >= 0.6 is 0 Å². The highest BCUT2D eigenvalue weighted by Crippen LogP contribution is 2.44. The van der Waals surface area contributed by atoms with Gasteiger partial charge in [0.1, 0.15) is 128 Å². The second-order valence-electron chi connectivity index (χ2n) is 36.3. The Morgan fingerprint density at radius 3 is 1.20 bits per heavy atom. The third-order valence-corrected chi connectivity index (χ3v) is 25.5. The molecule has 6 aliphatic rings. The summed E-state index contributed by atoms with van der Waals surface area (Å²) >= 11 is 0. The number of carboxylic acids is 2. The molecule has 6 aliphatic heterocycles. The minimum absolute atomic E-state index is 0.0940. The third-order valence-electron chi connectivity index (χ3n) is 25.5. The highest BCUT2D eigenvalue weighted by molar-refractivity contribution is 5.78. The lowest BCUT2D eigenvalue weighted by molar-refractivity contribution is -0.408. The Hall–Kier alpha value is -4.74. The van der Waals surface area contributed by atoms with Crippen LogP contribution in [0, 0.1) is 5.92 Å². The molecule has 6 heterocycles.